The zero-order chi connectivity index (χ0) is 16.4. The molecule has 0 unspecified atom stereocenters. The lowest BCUT2D eigenvalue weighted by Crippen LogP contribution is -2.33. The van der Waals surface area contributed by atoms with Crippen molar-refractivity contribution < 1.29 is 13.8 Å². The van der Waals surface area contributed by atoms with Gasteiger partial charge in [-0.3, -0.25) is 18.7 Å². The van der Waals surface area contributed by atoms with Gasteiger partial charge in [0, 0.05) is 40.7 Å². The van der Waals surface area contributed by atoms with E-state index in [4.69, 9.17) is 0 Å². The molecule has 0 spiro atoms. The predicted molar refractivity (Wildman–Crippen MR) is 90.2 cm³/mol. The van der Waals surface area contributed by atoms with Crippen LogP contribution in [0.25, 0.3) is 0 Å². The highest BCUT2D eigenvalue weighted by Gasteiger charge is 2.34. The van der Waals surface area contributed by atoms with Crippen molar-refractivity contribution in [3.63, 3.8) is 0 Å². The Hall–Kier alpha value is -1.86. The summed E-state index contributed by atoms with van der Waals surface area (Å²) < 4.78 is 12.1. The van der Waals surface area contributed by atoms with Crippen LogP contribution in [-0.4, -0.2) is 44.0 Å². The van der Waals surface area contributed by atoms with Gasteiger partial charge in [0.2, 0.25) is 0 Å². The maximum Gasteiger partial charge on any atom is 0.261 e. The molecule has 2 aromatic rings. The highest BCUT2D eigenvalue weighted by Crippen LogP contribution is 2.22. The molecule has 2 amide bonds. The predicted octanol–water partition coefficient (Wildman–Crippen LogP) is 2.04. The van der Waals surface area contributed by atoms with Crippen molar-refractivity contribution in [2.75, 3.05) is 18.1 Å². The van der Waals surface area contributed by atoms with Crippen molar-refractivity contribution >= 4 is 34.0 Å². The van der Waals surface area contributed by atoms with E-state index in [1.165, 1.54) is 4.90 Å². The van der Waals surface area contributed by atoms with E-state index < -0.39 is 10.8 Å². The van der Waals surface area contributed by atoms with E-state index in [1.54, 1.807) is 35.6 Å². The molecule has 1 aliphatic heterocycles. The van der Waals surface area contributed by atoms with Crippen LogP contribution in [0.3, 0.4) is 0 Å². The number of carbonyl (C=O) groups is 2. The van der Waals surface area contributed by atoms with E-state index in [1.807, 2.05) is 12.3 Å². The third-order valence-electron chi connectivity index (χ3n) is 3.67. The van der Waals surface area contributed by atoms with Crippen LogP contribution in [0.4, 0.5) is 0 Å². The summed E-state index contributed by atoms with van der Waals surface area (Å²) in [7, 11) is -1.08. The molecule has 23 heavy (non-hydrogen) atoms. The topological polar surface area (TPSA) is 67.3 Å². The Morgan fingerprint density at radius 2 is 1.78 bits per heavy atom. The molecule has 0 radical (unpaired) electrons. The Morgan fingerprint density at radius 1 is 1.13 bits per heavy atom. The molecule has 5 nitrogen and oxygen atoms in total. The minimum atomic E-state index is -1.08. The fourth-order valence-electron chi connectivity index (χ4n) is 2.48. The first-order chi connectivity index (χ1) is 11.1. The van der Waals surface area contributed by atoms with E-state index in [-0.39, 0.29) is 18.4 Å². The highest BCUT2D eigenvalue weighted by atomic mass is 32.2. The minimum Gasteiger partial charge on any atom is -0.273 e. The number of nitrogens with zero attached hydrogens (tertiary/aromatic N) is 2. The lowest BCUT2D eigenvalue weighted by atomic mass is 10.1. The van der Waals surface area contributed by atoms with Crippen molar-refractivity contribution in [3.8, 4) is 0 Å². The van der Waals surface area contributed by atoms with E-state index >= 15 is 0 Å². The second-order valence-corrected chi connectivity index (χ2v) is 8.02. The fourth-order valence-corrected chi connectivity index (χ4v) is 4.15. The Labute approximate surface area is 140 Å². The molecule has 1 aromatic carbocycles. The van der Waals surface area contributed by atoms with Crippen LogP contribution in [0, 0.1) is 6.92 Å². The molecule has 1 atom stereocenters. The molecule has 3 rings (SSSR count). The van der Waals surface area contributed by atoms with Crippen molar-refractivity contribution in [1.82, 2.24) is 9.88 Å². The van der Waals surface area contributed by atoms with E-state index in [0.717, 1.165) is 10.7 Å². The average molecular weight is 348 g/mol. The van der Waals surface area contributed by atoms with Crippen molar-refractivity contribution in [2.45, 2.75) is 13.3 Å². The second kappa shape index (κ2) is 6.72. The summed E-state index contributed by atoms with van der Waals surface area (Å²) in [6.45, 7) is 2.13. The lowest BCUT2D eigenvalue weighted by molar-refractivity contribution is 0.0664. The van der Waals surface area contributed by atoms with Gasteiger partial charge in [-0.25, -0.2) is 4.98 Å². The van der Waals surface area contributed by atoms with Crippen molar-refractivity contribution in [1.29, 1.82) is 0 Å². The molecule has 0 saturated heterocycles. The molecular formula is C16H16N2O3S2. The molecule has 2 heterocycles. The van der Waals surface area contributed by atoms with Gasteiger partial charge in [0.25, 0.3) is 11.8 Å². The van der Waals surface area contributed by atoms with Gasteiger partial charge in [-0.2, -0.15) is 0 Å². The third-order valence-corrected chi connectivity index (χ3v) is 5.79. The van der Waals surface area contributed by atoms with E-state index in [2.05, 4.69) is 4.98 Å². The Morgan fingerprint density at radius 3 is 2.35 bits per heavy atom. The summed E-state index contributed by atoms with van der Waals surface area (Å²) in [6, 6.07) is 6.78. The van der Waals surface area contributed by atoms with Gasteiger partial charge < -0.3 is 0 Å². The molecule has 0 fully saturated rings. The Kier molecular flexibility index (Phi) is 4.68. The Balaban J connectivity index is 1.54. The third kappa shape index (κ3) is 3.40. The van der Waals surface area contributed by atoms with Gasteiger partial charge in [0.1, 0.15) is 0 Å². The second-order valence-electron chi connectivity index (χ2n) is 5.26. The largest absolute Gasteiger partial charge is 0.273 e. The standard InChI is InChI=1S/C16H16N2O3S2/c1-11-17-12(10-22-11)6-8-23(21)9-7-18-15(19)13-4-2-3-5-14(13)16(18)20/h2-5,10H,6-9H2,1H3/t23-/m0/s1. The number of hydrogen-bond donors (Lipinski definition) is 0. The number of benzene rings is 1. The van der Waals surface area contributed by atoms with Crippen molar-refractivity contribution in [3.05, 3.63) is 51.5 Å². The number of carbonyl (C=O) groups excluding carboxylic acids is 2. The molecule has 7 heteroatoms. The first kappa shape index (κ1) is 16.0. The number of amides is 2. The van der Waals surface area contributed by atoms with Gasteiger partial charge in [0.15, 0.2) is 0 Å². The monoisotopic (exact) mass is 348 g/mol. The lowest BCUT2D eigenvalue weighted by Gasteiger charge is -2.13. The molecule has 0 bridgehead atoms. The van der Waals surface area contributed by atoms with Crippen LogP contribution >= 0.6 is 11.3 Å². The fraction of sp³-hybridized carbons (Fsp3) is 0.312. The minimum absolute atomic E-state index is 0.190. The van der Waals surface area contributed by atoms with Crippen LogP contribution in [0.1, 0.15) is 31.4 Å². The van der Waals surface area contributed by atoms with Crippen LogP contribution < -0.4 is 0 Å². The molecule has 120 valence electrons. The molecule has 0 saturated carbocycles. The first-order valence-electron chi connectivity index (χ1n) is 7.27. The quantitative estimate of drug-likeness (QED) is 0.749. The average Bonchev–Trinajstić information content (AvgIpc) is 3.07. The summed E-state index contributed by atoms with van der Waals surface area (Å²) in [6.07, 6.45) is 0.652. The molecule has 1 aromatic heterocycles. The van der Waals surface area contributed by atoms with Crippen LogP contribution in [-0.2, 0) is 17.2 Å². The SMILES string of the molecule is Cc1nc(CC[S@](=O)CCN2C(=O)c3ccccc3C2=O)cs1. The van der Waals surface area contributed by atoms with Gasteiger partial charge in [0.05, 0.1) is 21.8 Å². The van der Waals surface area contributed by atoms with Crippen LogP contribution in [0.2, 0.25) is 0 Å². The zero-order valence-corrected chi connectivity index (χ0v) is 14.3. The molecule has 1 aliphatic rings. The normalized spacial score (nSPS) is 15.1. The number of rotatable bonds is 6. The summed E-state index contributed by atoms with van der Waals surface area (Å²) in [5.41, 5.74) is 1.81. The summed E-state index contributed by atoms with van der Waals surface area (Å²) in [5, 5.41) is 2.97. The van der Waals surface area contributed by atoms with Gasteiger partial charge in [-0.15, -0.1) is 11.3 Å². The number of thiazole rings is 1. The van der Waals surface area contributed by atoms with Gasteiger partial charge in [-0.05, 0) is 19.1 Å². The number of imide groups is 1. The smallest absolute Gasteiger partial charge is 0.261 e. The molecular weight excluding hydrogens is 332 g/mol. The number of aryl methyl sites for hydroxylation is 2. The number of aromatic nitrogens is 1. The zero-order valence-electron chi connectivity index (χ0n) is 12.7. The van der Waals surface area contributed by atoms with Crippen LogP contribution in [0.5, 0.6) is 0 Å². The maximum absolute atomic E-state index is 12.2. The summed E-state index contributed by atoms with van der Waals surface area (Å²) in [4.78, 5) is 29.9. The van der Waals surface area contributed by atoms with Crippen molar-refractivity contribution in [2.24, 2.45) is 0 Å². The number of fused-ring (bicyclic) bond motifs is 1. The first-order valence-corrected chi connectivity index (χ1v) is 9.64. The Bertz CT molecular complexity index is 750. The summed E-state index contributed by atoms with van der Waals surface area (Å²) in [5.74, 6) is 0.205. The maximum atomic E-state index is 12.2. The van der Waals surface area contributed by atoms with Gasteiger partial charge in [-0.1, -0.05) is 12.1 Å². The van der Waals surface area contributed by atoms with Crippen LogP contribution in [0.15, 0.2) is 29.6 Å². The number of hydrogen-bond acceptors (Lipinski definition) is 5. The van der Waals surface area contributed by atoms with E-state index in [9.17, 15) is 13.8 Å². The van der Waals surface area contributed by atoms with Gasteiger partial charge >= 0.3 is 0 Å². The molecule has 0 aliphatic carbocycles. The van der Waals surface area contributed by atoms with E-state index in [0.29, 0.717) is 29.1 Å². The molecule has 0 N–H and O–H groups in total. The summed E-state index contributed by atoms with van der Waals surface area (Å²) >= 11 is 1.58. The highest BCUT2D eigenvalue weighted by molar-refractivity contribution is 7.85.